The SMILES string of the molecule is CC1Oc2ccccc2N(CC(=O)Nc2nc(C3CCNCC3)nn2C)C1=O. The third kappa shape index (κ3) is 3.57. The van der Waals surface area contributed by atoms with Gasteiger partial charge in [0.25, 0.3) is 5.91 Å². The largest absolute Gasteiger partial charge is 0.479 e. The average molecular weight is 384 g/mol. The Bertz CT molecular complexity index is 890. The normalized spacial score (nSPS) is 19.9. The monoisotopic (exact) mass is 384 g/mol. The molecule has 0 saturated carbocycles. The van der Waals surface area contributed by atoms with Crippen molar-refractivity contribution in [1.82, 2.24) is 20.1 Å². The van der Waals surface area contributed by atoms with Crippen LogP contribution in [0.2, 0.25) is 0 Å². The molecule has 1 saturated heterocycles. The number of carbonyl (C=O) groups is 2. The van der Waals surface area contributed by atoms with Gasteiger partial charge in [-0.3, -0.25) is 19.8 Å². The van der Waals surface area contributed by atoms with Gasteiger partial charge < -0.3 is 10.1 Å². The van der Waals surface area contributed by atoms with E-state index in [-0.39, 0.29) is 18.4 Å². The second-order valence-corrected chi connectivity index (χ2v) is 7.14. The van der Waals surface area contributed by atoms with E-state index in [0.29, 0.717) is 23.3 Å². The van der Waals surface area contributed by atoms with Crippen LogP contribution in [0.1, 0.15) is 31.5 Å². The van der Waals surface area contributed by atoms with E-state index in [9.17, 15) is 9.59 Å². The fraction of sp³-hybridized carbons (Fsp3) is 0.474. The van der Waals surface area contributed by atoms with Gasteiger partial charge in [0, 0.05) is 13.0 Å². The Morgan fingerprint density at radius 2 is 2.07 bits per heavy atom. The Morgan fingerprint density at radius 1 is 1.32 bits per heavy atom. The minimum absolute atomic E-state index is 0.112. The molecule has 2 aliphatic rings. The number of amides is 2. The molecule has 2 aliphatic heterocycles. The number of anilines is 2. The van der Waals surface area contributed by atoms with Gasteiger partial charge in [-0.05, 0) is 45.0 Å². The summed E-state index contributed by atoms with van der Waals surface area (Å²) in [6, 6.07) is 7.20. The molecule has 1 aromatic heterocycles. The lowest BCUT2D eigenvalue weighted by molar-refractivity contribution is -0.127. The standard InChI is InChI=1S/C19H24N6O3/c1-12-18(27)25(14-5-3-4-6-15(14)28-12)11-16(26)21-19-22-17(23-24(19)2)13-7-9-20-10-8-13/h3-6,12-13,20H,7-11H2,1-2H3,(H,21,22,23,26). The first-order valence-corrected chi connectivity index (χ1v) is 9.51. The number of nitrogens with zero attached hydrogens (tertiary/aromatic N) is 4. The summed E-state index contributed by atoms with van der Waals surface area (Å²) in [4.78, 5) is 31.1. The Hall–Kier alpha value is -2.94. The van der Waals surface area contributed by atoms with E-state index in [0.717, 1.165) is 31.8 Å². The van der Waals surface area contributed by atoms with Gasteiger partial charge in [0.15, 0.2) is 11.9 Å². The summed E-state index contributed by atoms with van der Waals surface area (Å²) in [5.74, 6) is 1.45. The Morgan fingerprint density at radius 3 is 2.86 bits per heavy atom. The van der Waals surface area contributed by atoms with Gasteiger partial charge >= 0.3 is 0 Å². The maximum atomic E-state index is 12.6. The zero-order valence-electron chi connectivity index (χ0n) is 16.0. The fourth-order valence-corrected chi connectivity index (χ4v) is 3.60. The summed E-state index contributed by atoms with van der Waals surface area (Å²) in [6.07, 6.45) is 1.33. The molecule has 2 amide bonds. The van der Waals surface area contributed by atoms with Crippen molar-refractivity contribution in [1.29, 1.82) is 0 Å². The average Bonchev–Trinajstić information content (AvgIpc) is 3.06. The Kier molecular flexibility index (Phi) is 4.99. The van der Waals surface area contributed by atoms with Gasteiger partial charge in [-0.15, -0.1) is 0 Å². The quantitative estimate of drug-likeness (QED) is 0.817. The molecule has 2 aromatic rings. The molecule has 0 aliphatic carbocycles. The van der Waals surface area contributed by atoms with Gasteiger partial charge in [-0.25, -0.2) is 4.68 Å². The molecule has 4 rings (SSSR count). The molecule has 148 valence electrons. The van der Waals surface area contributed by atoms with Crippen molar-refractivity contribution >= 4 is 23.5 Å². The molecule has 0 bridgehead atoms. The number of ether oxygens (including phenoxy) is 1. The number of carbonyl (C=O) groups excluding carboxylic acids is 2. The number of rotatable bonds is 4. The summed E-state index contributed by atoms with van der Waals surface area (Å²) < 4.78 is 7.19. The summed E-state index contributed by atoms with van der Waals surface area (Å²) in [5, 5.41) is 10.6. The number of benzene rings is 1. The van der Waals surface area contributed by atoms with Gasteiger partial charge in [-0.1, -0.05) is 12.1 Å². The van der Waals surface area contributed by atoms with Crippen LogP contribution in [0.3, 0.4) is 0 Å². The van der Waals surface area contributed by atoms with Crippen LogP contribution in [-0.2, 0) is 16.6 Å². The molecule has 28 heavy (non-hydrogen) atoms. The van der Waals surface area contributed by atoms with Crippen LogP contribution in [0.15, 0.2) is 24.3 Å². The van der Waals surface area contributed by atoms with Crippen LogP contribution in [0.4, 0.5) is 11.6 Å². The van der Waals surface area contributed by atoms with Gasteiger partial charge in [-0.2, -0.15) is 10.1 Å². The fourth-order valence-electron chi connectivity index (χ4n) is 3.60. The zero-order valence-corrected chi connectivity index (χ0v) is 16.0. The van der Waals surface area contributed by atoms with E-state index in [2.05, 4.69) is 20.7 Å². The summed E-state index contributed by atoms with van der Waals surface area (Å²) in [5.41, 5.74) is 0.592. The molecule has 0 spiro atoms. The molecule has 1 unspecified atom stereocenters. The second kappa shape index (κ2) is 7.59. The summed E-state index contributed by atoms with van der Waals surface area (Å²) in [7, 11) is 1.75. The number of piperidine rings is 1. The van der Waals surface area contributed by atoms with E-state index < -0.39 is 6.10 Å². The van der Waals surface area contributed by atoms with Crippen LogP contribution >= 0.6 is 0 Å². The van der Waals surface area contributed by atoms with Crippen molar-refractivity contribution in [2.75, 3.05) is 29.9 Å². The topological polar surface area (TPSA) is 101 Å². The van der Waals surface area contributed by atoms with Crippen LogP contribution in [0, 0.1) is 0 Å². The third-order valence-electron chi connectivity index (χ3n) is 5.11. The lowest BCUT2D eigenvalue weighted by Gasteiger charge is -2.32. The zero-order chi connectivity index (χ0) is 19.7. The summed E-state index contributed by atoms with van der Waals surface area (Å²) >= 11 is 0. The van der Waals surface area contributed by atoms with Crippen molar-refractivity contribution in [3.8, 4) is 5.75 Å². The van der Waals surface area contributed by atoms with Crippen LogP contribution in [0.5, 0.6) is 5.75 Å². The number of fused-ring (bicyclic) bond motifs is 1. The molecule has 1 aromatic carbocycles. The number of hydrogen-bond donors (Lipinski definition) is 2. The highest BCUT2D eigenvalue weighted by molar-refractivity contribution is 6.05. The Labute approximate surface area is 163 Å². The second-order valence-electron chi connectivity index (χ2n) is 7.14. The first-order chi connectivity index (χ1) is 13.5. The van der Waals surface area contributed by atoms with E-state index in [1.54, 1.807) is 30.8 Å². The summed E-state index contributed by atoms with van der Waals surface area (Å²) in [6.45, 7) is 3.46. The first kappa shape index (κ1) is 18.4. The molecule has 1 atom stereocenters. The molecule has 0 radical (unpaired) electrons. The molecular formula is C19H24N6O3. The maximum Gasteiger partial charge on any atom is 0.268 e. The Balaban J connectivity index is 1.47. The van der Waals surface area contributed by atoms with Crippen molar-refractivity contribution in [2.24, 2.45) is 7.05 Å². The lowest BCUT2D eigenvalue weighted by Crippen LogP contribution is -2.47. The van der Waals surface area contributed by atoms with Crippen LogP contribution in [0.25, 0.3) is 0 Å². The molecule has 2 N–H and O–H groups in total. The van der Waals surface area contributed by atoms with E-state index >= 15 is 0 Å². The predicted octanol–water partition coefficient (Wildman–Crippen LogP) is 1.03. The van der Waals surface area contributed by atoms with Crippen LogP contribution in [-0.4, -0.2) is 52.3 Å². The highest BCUT2D eigenvalue weighted by atomic mass is 16.5. The van der Waals surface area contributed by atoms with Crippen molar-refractivity contribution in [3.63, 3.8) is 0 Å². The molecular weight excluding hydrogens is 360 g/mol. The van der Waals surface area contributed by atoms with Gasteiger partial charge in [0.2, 0.25) is 11.9 Å². The van der Waals surface area contributed by atoms with Crippen molar-refractivity contribution in [3.05, 3.63) is 30.1 Å². The maximum absolute atomic E-state index is 12.6. The number of para-hydroxylation sites is 2. The van der Waals surface area contributed by atoms with E-state index in [1.807, 2.05) is 12.1 Å². The smallest absolute Gasteiger partial charge is 0.268 e. The van der Waals surface area contributed by atoms with Crippen LogP contribution < -0.4 is 20.3 Å². The first-order valence-electron chi connectivity index (χ1n) is 9.51. The van der Waals surface area contributed by atoms with Crippen molar-refractivity contribution < 1.29 is 14.3 Å². The van der Waals surface area contributed by atoms with Crippen molar-refractivity contribution in [2.45, 2.75) is 31.8 Å². The number of aryl methyl sites for hydroxylation is 1. The predicted molar refractivity (Wildman–Crippen MR) is 103 cm³/mol. The molecule has 9 heteroatoms. The number of hydrogen-bond acceptors (Lipinski definition) is 6. The third-order valence-corrected chi connectivity index (χ3v) is 5.11. The lowest BCUT2D eigenvalue weighted by atomic mass is 9.98. The van der Waals surface area contributed by atoms with Gasteiger partial charge in [0.1, 0.15) is 12.3 Å². The van der Waals surface area contributed by atoms with E-state index in [1.165, 1.54) is 4.90 Å². The molecule has 9 nitrogen and oxygen atoms in total. The minimum atomic E-state index is -0.635. The molecule has 1 fully saturated rings. The minimum Gasteiger partial charge on any atom is -0.479 e. The molecule has 3 heterocycles. The number of nitrogens with one attached hydrogen (secondary N) is 2. The number of aromatic nitrogens is 3. The highest BCUT2D eigenvalue weighted by Crippen LogP contribution is 2.33. The van der Waals surface area contributed by atoms with Gasteiger partial charge in [0.05, 0.1) is 5.69 Å². The highest BCUT2D eigenvalue weighted by Gasteiger charge is 2.32. The van der Waals surface area contributed by atoms with E-state index in [4.69, 9.17) is 4.74 Å².